The maximum absolute atomic E-state index is 2.16. The van der Waals surface area contributed by atoms with E-state index < -0.39 is 0 Å². The fraction of sp³-hybridized carbons (Fsp3) is 0.750. The lowest BCUT2D eigenvalue weighted by molar-refractivity contribution is 1.50. The van der Waals surface area contributed by atoms with Gasteiger partial charge in [-0.25, -0.2) is 0 Å². The van der Waals surface area contributed by atoms with E-state index in [1.807, 2.05) is 25.6 Å². The average Bonchev–Trinajstić information content (AvgIpc) is 1.93. The predicted molar refractivity (Wildman–Crippen MR) is 48.9 cm³/mol. The molecule has 0 heterocycles. The molecule has 0 N–H and O–H groups in total. The van der Waals surface area contributed by atoms with Crippen LogP contribution in [0, 0.1) is 0 Å². The molecule has 0 radical (unpaired) electrons. The van der Waals surface area contributed by atoms with Gasteiger partial charge < -0.3 is 0 Å². The van der Waals surface area contributed by atoms with Crippen LogP contribution in [0.5, 0.6) is 0 Å². The number of rotatable bonds is 2. The van der Waals surface area contributed by atoms with Crippen LogP contribution in [0.25, 0.3) is 0 Å². The Morgan fingerprint density at radius 3 is 2.00 bits per heavy atom. The quantitative estimate of drug-likeness (QED) is 0.572. The van der Waals surface area contributed by atoms with Crippen molar-refractivity contribution in [1.82, 2.24) is 0 Å². The summed E-state index contributed by atoms with van der Waals surface area (Å²) in [5, 5.41) is 0. The van der Waals surface area contributed by atoms with Crippen LogP contribution < -0.4 is 0 Å². The first-order chi connectivity index (χ1) is 4.31. The van der Waals surface area contributed by atoms with Gasteiger partial charge in [0.2, 0.25) is 0 Å². The van der Waals surface area contributed by atoms with E-state index in [4.69, 9.17) is 0 Å². The minimum absolute atomic E-state index is 1.19. The van der Waals surface area contributed by atoms with Gasteiger partial charge in [-0.05, 0) is 24.5 Å². The van der Waals surface area contributed by atoms with Gasteiger partial charge in [0.25, 0.3) is 0 Å². The first kappa shape index (κ1) is 11.8. The Labute approximate surface area is 63.7 Å². The molecule has 56 valence electrons. The van der Waals surface area contributed by atoms with Gasteiger partial charge in [-0.2, -0.15) is 0 Å². The van der Waals surface area contributed by atoms with Gasteiger partial charge in [-0.1, -0.05) is 26.8 Å². The lowest BCUT2D eigenvalue weighted by Crippen LogP contribution is -1.65. The summed E-state index contributed by atoms with van der Waals surface area (Å²) >= 11 is 1.89. The lowest BCUT2D eigenvalue weighted by Gasteiger charge is -1.91. The molecule has 0 aromatic carbocycles. The maximum Gasteiger partial charge on any atom is -0.00519 e. The van der Waals surface area contributed by atoms with Crippen molar-refractivity contribution >= 4 is 11.8 Å². The molecule has 0 aliphatic carbocycles. The molecule has 0 spiro atoms. The Bertz CT molecular complexity index is 65.0. The van der Waals surface area contributed by atoms with Crippen LogP contribution in [0.4, 0.5) is 0 Å². The average molecular weight is 146 g/mol. The molecule has 0 aromatic rings. The normalized spacial score (nSPS) is 10.1. The van der Waals surface area contributed by atoms with Crippen LogP contribution in [-0.2, 0) is 0 Å². The summed E-state index contributed by atoms with van der Waals surface area (Å²) in [6.45, 7) is 10.4. The van der Waals surface area contributed by atoms with Crippen molar-refractivity contribution in [2.24, 2.45) is 0 Å². The van der Waals surface area contributed by atoms with E-state index in [-0.39, 0.29) is 0 Å². The van der Waals surface area contributed by atoms with Gasteiger partial charge in [0.15, 0.2) is 0 Å². The number of thioether (sulfide) groups is 1. The van der Waals surface area contributed by atoms with Gasteiger partial charge in [-0.3, -0.25) is 0 Å². The second-order valence-corrected chi connectivity index (χ2v) is 2.84. The zero-order valence-electron chi connectivity index (χ0n) is 7.19. The molecule has 0 aliphatic rings. The number of hydrogen-bond donors (Lipinski definition) is 0. The zero-order valence-corrected chi connectivity index (χ0v) is 8.01. The Balaban J connectivity index is 0. The van der Waals surface area contributed by atoms with Crippen LogP contribution >= 0.6 is 11.8 Å². The van der Waals surface area contributed by atoms with E-state index in [1.54, 1.807) is 0 Å². The van der Waals surface area contributed by atoms with E-state index >= 15 is 0 Å². The standard InChI is InChI=1S/C6H12S.C2H6/c1-4-6(3)7-5-2;1-2/h4H,5H2,1-3H3;1-2H3/b6-4-;. The first-order valence-corrected chi connectivity index (χ1v) is 4.55. The van der Waals surface area contributed by atoms with Crippen molar-refractivity contribution < 1.29 is 0 Å². The lowest BCUT2D eigenvalue weighted by atomic mass is 10.6. The monoisotopic (exact) mass is 146 g/mol. The highest BCUT2D eigenvalue weighted by molar-refractivity contribution is 8.03. The van der Waals surface area contributed by atoms with Crippen LogP contribution in [0.15, 0.2) is 11.0 Å². The smallest absolute Gasteiger partial charge is 0.00519 e. The van der Waals surface area contributed by atoms with Gasteiger partial charge in [-0.15, -0.1) is 11.8 Å². The Kier molecular flexibility index (Phi) is 14.4. The van der Waals surface area contributed by atoms with E-state index in [1.165, 1.54) is 10.7 Å². The Morgan fingerprint density at radius 2 is 1.89 bits per heavy atom. The maximum atomic E-state index is 2.16. The highest BCUT2D eigenvalue weighted by Crippen LogP contribution is 2.11. The SMILES string of the molecule is C/C=C(/C)SCC.CC. The largest absolute Gasteiger partial charge is 0.132 e. The van der Waals surface area contributed by atoms with Crippen molar-refractivity contribution in [3.05, 3.63) is 11.0 Å². The molecule has 9 heavy (non-hydrogen) atoms. The van der Waals surface area contributed by atoms with Gasteiger partial charge in [0.05, 0.1) is 0 Å². The molecule has 1 heteroatoms. The van der Waals surface area contributed by atoms with Crippen molar-refractivity contribution in [1.29, 1.82) is 0 Å². The van der Waals surface area contributed by atoms with Crippen molar-refractivity contribution in [3.63, 3.8) is 0 Å². The van der Waals surface area contributed by atoms with Crippen LogP contribution in [0.3, 0.4) is 0 Å². The molecule has 0 saturated carbocycles. The van der Waals surface area contributed by atoms with Crippen molar-refractivity contribution in [2.75, 3.05) is 5.75 Å². The predicted octanol–water partition coefficient (Wildman–Crippen LogP) is 3.69. The minimum Gasteiger partial charge on any atom is -0.132 e. The molecule has 0 atom stereocenters. The molecule has 0 saturated heterocycles. The number of hydrogen-bond acceptors (Lipinski definition) is 1. The fourth-order valence-corrected chi connectivity index (χ4v) is 0.933. The molecular weight excluding hydrogens is 128 g/mol. The van der Waals surface area contributed by atoms with E-state index in [0.29, 0.717) is 0 Å². The molecule has 0 aromatic heterocycles. The van der Waals surface area contributed by atoms with E-state index in [9.17, 15) is 0 Å². The third-order valence-corrected chi connectivity index (χ3v) is 1.76. The number of allylic oxidation sites excluding steroid dienone is 2. The third kappa shape index (κ3) is 11.6. The van der Waals surface area contributed by atoms with Crippen LogP contribution in [-0.4, -0.2) is 5.75 Å². The van der Waals surface area contributed by atoms with Gasteiger partial charge in [0.1, 0.15) is 0 Å². The summed E-state index contributed by atoms with van der Waals surface area (Å²) < 4.78 is 0. The second-order valence-electron chi connectivity index (χ2n) is 1.33. The zero-order chi connectivity index (χ0) is 7.70. The van der Waals surface area contributed by atoms with Crippen molar-refractivity contribution in [3.8, 4) is 0 Å². The first-order valence-electron chi connectivity index (χ1n) is 3.57. The summed E-state index contributed by atoms with van der Waals surface area (Å²) in [7, 11) is 0. The summed E-state index contributed by atoms with van der Waals surface area (Å²) in [6, 6.07) is 0. The second kappa shape index (κ2) is 11.0. The van der Waals surface area contributed by atoms with Crippen molar-refractivity contribution in [2.45, 2.75) is 34.6 Å². The third-order valence-electron chi connectivity index (χ3n) is 0.779. The van der Waals surface area contributed by atoms with Crippen LogP contribution in [0.2, 0.25) is 0 Å². The summed E-state index contributed by atoms with van der Waals surface area (Å²) in [5.41, 5.74) is 0. The van der Waals surface area contributed by atoms with Gasteiger partial charge in [0, 0.05) is 0 Å². The van der Waals surface area contributed by atoms with Gasteiger partial charge >= 0.3 is 0 Å². The molecule has 0 rings (SSSR count). The van der Waals surface area contributed by atoms with E-state index in [0.717, 1.165) is 0 Å². The Morgan fingerprint density at radius 1 is 1.44 bits per heavy atom. The fourth-order valence-electron chi connectivity index (χ4n) is 0.311. The summed E-state index contributed by atoms with van der Waals surface area (Å²) in [6.07, 6.45) is 2.13. The minimum atomic E-state index is 1.19. The highest BCUT2D eigenvalue weighted by atomic mass is 32.2. The van der Waals surface area contributed by atoms with Crippen LogP contribution in [0.1, 0.15) is 34.6 Å². The highest BCUT2D eigenvalue weighted by Gasteiger charge is 1.79. The summed E-state index contributed by atoms with van der Waals surface area (Å²) in [4.78, 5) is 1.42. The topological polar surface area (TPSA) is 0 Å². The molecular formula is C8H18S. The molecule has 0 bridgehead atoms. The molecule has 0 amide bonds. The molecule has 0 nitrogen and oxygen atoms in total. The molecule has 0 fully saturated rings. The Hall–Kier alpha value is 0.0900. The van der Waals surface area contributed by atoms with E-state index in [2.05, 4.69) is 26.8 Å². The molecule has 0 aliphatic heterocycles. The molecule has 0 unspecified atom stereocenters. The summed E-state index contributed by atoms with van der Waals surface area (Å²) in [5.74, 6) is 1.19.